The van der Waals surface area contributed by atoms with E-state index in [9.17, 15) is 4.79 Å². The summed E-state index contributed by atoms with van der Waals surface area (Å²) in [6, 6.07) is 12.2. The Hall–Kier alpha value is -1.66. The summed E-state index contributed by atoms with van der Waals surface area (Å²) in [5, 5.41) is 7.91. The number of nitrogens with zero attached hydrogens (tertiary/aromatic N) is 1. The summed E-state index contributed by atoms with van der Waals surface area (Å²) in [7, 11) is 0. The third-order valence-electron chi connectivity index (χ3n) is 4.70. The van der Waals surface area contributed by atoms with Crippen LogP contribution in [0.15, 0.2) is 47.2 Å². The van der Waals surface area contributed by atoms with Crippen LogP contribution in [-0.4, -0.2) is 23.9 Å². The molecule has 0 saturated heterocycles. The van der Waals surface area contributed by atoms with Crippen molar-refractivity contribution in [2.75, 3.05) is 18.4 Å². The van der Waals surface area contributed by atoms with Gasteiger partial charge >= 0.3 is 0 Å². The molecule has 3 heterocycles. The first kappa shape index (κ1) is 17.7. The second-order valence-corrected chi connectivity index (χ2v) is 8.86. The number of nitrogens with one attached hydrogen (secondary N) is 1. The van der Waals surface area contributed by atoms with Crippen molar-refractivity contribution in [1.29, 1.82) is 0 Å². The molecular weight excluding hydrogens is 384 g/mol. The number of thiophene rings is 2. The van der Waals surface area contributed by atoms with Gasteiger partial charge in [-0.1, -0.05) is 23.7 Å². The molecule has 6 heteroatoms. The van der Waals surface area contributed by atoms with Crippen LogP contribution in [0.5, 0.6) is 0 Å². The van der Waals surface area contributed by atoms with Crippen LogP contribution in [0, 0.1) is 6.92 Å². The average molecular weight is 403 g/mol. The molecule has 3 aromatic rings. The van der Waals surface area contributed by atoms with Gasteiger partial charge in [-0.05, 0) is 59.5 Å². The van der Waals surface area contributed by atoms with Crippen LogP contribution in [0.3, 0.4) is 0 Å². The van der Waals surface area contributed by atoms with E-state index in [4.69, 9.17) is 11.6 Å². The Morgan fingerprint density at radius 3 is 2.96 bits per heavy atom. The lowest BCUT2D eigenvalue weighted by molar-refractivity contribution is -0.117. The van der Waals surface area contributed by atoms with Gasteiger partial charge in [-0.25, -0.2) is 0 Å². The Bertz CT molecular complexity index is 920. The Morgan fingerprint density at radius 1 is 1.27 bits per heavy atom. The molecule has 1 amide bonds. The van der Waals surface area contributed by atoms with Crippen LogP contribution in [0.4, 0.5) is 5.69 Å². The first-order valence-corrected chi connectivity index (χ1v) is 10.7. The van der Waals surface area contributed by atoms with Crippen LogP contribution in [-0.2, 0) is 11.2 Å². The molecule has 0 saturated carbocycles. The van der Waals surface area contributed by atoms with Crippen LogP contribution in [0.1, 0.15) is 26.9 Å². The Morgan fingerprint density at radius 2 is 2.15 bits per heavy atom. The number of benzene rings is 1. The van der Waals surface area contributed by atoms with Crippen LogP contribution >= 0.6 is 34.3 Å². The molecule has 0 spiro atoms. The molecule has 1 aromatic carbocycles. The van der Waals surface area contributed by atoms with Gasteiger partial charge in [-0.15, -0.1) is 22.7 Å². The van der Waals surface area contributed by atoms with Gasteiger partial charge in [-0.3, -0.25) is 9.69 Å². The summed E-state index contributed by atoms with van der Waals surface area (Å²) in [6.07, 6.45) is 0.998. The van der Waals surface area contributed by atoms with Gasteiger partial charge in [0.25, 0.3) is 0 Å². The number of fused-ring (bicyclic) bond motifs is 1. The van der Waals surface area contributed by atoms with Crippen molar-refractivity contribution in [1.82, 2.24) is 4.90 Å². The highest BCUT2D eigenvalue weighted by Crippen LogP contribution is 2.39. The maximum absolute atomic E-state index is 12.7. The van der Waals surface area contributed by atoms with Crippen molar-refractivity contribution in [2.24, 2.45) is 0 Å². The Labute approximate surface area is 166 Å². The van der Waals surface area contributed by atoms with Crippen molar-refractivity contribution < 1.29 is 4.79 Å². The van der Waals surface area contributed by atoms with Gasteiger partial charge in [-0.2, -0.15) is 0 Å². The average Bonchev–Trinajstić information content (AvgIpc) is 3.29. The lowest BCUT2D eigenvalue weighted by Gasteiger charge is -2.34. The van der Waals surface area contributed by atoms with Gasteiger partial charge in [0.1, 0.15) is 0 Å². The topological polar surface area (TPSA) is 32.3 Å². The minimum Gasteiger partial charge on any atom is -0.325 e. The summed E-state index contributed by atoms with van der Waals surface area (Å²) in [5.74, 6) is -0.00407. The van der Waals surface area contributed by atoms with Crippen molar-refractivity contribution in [3.05, 3.63) is 73.1 Å². The molecule has 0 bridgehead atoms. The maximum atomic E-state index is 12.7. The zero-order valence-electron chi connectivity index (χ0n) is 14.4. The fourth-order valence-electron chi connectivity index (χ4n) is 3.42. The second kappa shape index (κ2) is 7.53. The largest absolute Gasteiger partial charge is 0.325 e. The van der Waals surface area contributed by atoms with Crippen molar-refractivity contribution >= 4 is 45.9 Å². The van der Waals surface area contributed by atoms with Gasteiger partial charge in [0, 0.05) is 27.0 Å². The standard InChI is InChI=1S/C20H19ClN2OS2/c1-13-4-5-14(21)11-16(13)22-19(24)12-23-8-6-17-15(7-10-26-17)20(23)18-3-2-9-25-18/h2-5,7,9-11,20H,6,8,12H2,1H3,(H,22,24)/t20-/m1/s1. The van der Waals surface area contributed by atoms with Crippen LogP contribution in [0.2, 0.25) is 5.02 Å². The van der Waals surface area contributed by atoms with Crippen LogP contribution < -0.4 is 5.32 Å². The van der Waals surface area contributed by atoms with E-state index in [1.54, 1.807) is 17.4 Å². The second-order valence-electron chi connectivity index (χ2n) is 6.44. The normalized spacial score (nSPS) is 17.1. The molecule has 4 rings (SSSR count). The number of carbonyl (C=O) groups excluding carboxylic acids is 1. The quantitative estimate of drug-likeness (QED) is 0.637. The highest BCUT2D eigenvalue weighted by Gasteiger charge is 2.31. The van der Waals surface area contributed by atoms with E-state index in [1.165, 1.54) is 15.3 Å². The zero-order valence-corrected chi connectivity index (χ0v) is 16.8. The summed E-state index contributed by atoms with van der Waals surface area (Å²) in [5.41, 5.74) is 3.13. The van der Waals surface area contributed by atoms with E-state index in [0.717, 1.165) is 24.2 Å². The van der Waals surface area contributed by atoms with E-state index < -0.39 is 0 Å². The maximum Gasteiger partial charge on any atom is 0.238 e. The third-order valence-corrected chi connectivity index (χ3v) is 6.86. The fourth-order valence-corrected chi connectivity index (χ4v) is 5.37. The molecular formula is C20H19ClN2OS2. The summed E-state index contributed by atoms with van der Waals surface area (Å²) in [6.45, 7) is 3.22. The fraction of sp³-hybridized carbons (Fsp3) is 0.250. The number of halogens is 1. The van der Waals surface area contributed by atoms with Gasteiger partial charge in [0.15, 0.2) is 0 Å². The molecule has 0 aliphatic carbocycles. The molecule has 0 unspecified atom stereocenters. The monoisotopic (exact) mass is 402 g/mol. The zero-order chi connectivity index (χ0) is 18.1. The first-order valence-electron chi connectivity index (χ1n) is 8.51. The number of anilines is 1. The Kier molecular flexibility index (Phi) is 5.14. The summed E-state index contributed by atoms with van der Waals surface area (Å²) < 4.78 is 0. The predicted molar refractivity (Wildman–Crippen MR) is 111 cm³/mol. The highest BCUT2D eigenvalue weighted by molar-refractivity contribution is 7.10. The number of hydrogen-bond donors (Lipinski definition) is 1. The minimum absolute atomic E-state index is 0.00407. The van der Waals surface area contributed by atoms with E-state index in [1.807, 2.05) is 30.4 Å². The van der Waals surface area contributed by atoms with Gasteiger partial charge in [0.05, 0.1) is 12.6 Å². The van der Waals surface area contributed by atoms with Crippen molar-refractivity contribution in [3.8, 4) is 0 Å². The third kappa shape index (κ3) is 3.58. The predicted octanol–water partition coefficient (Wildman–Crippen LogP) is 5.36. The molecule has 1 atom stereocenters. The van der Waals surface area contributed by atoms with Gasteiger partial charge < -0.3 is 5.32 Å². The first-order chi connectivity index (χ1) is 12.6. The summed E-state index contributed by atoms with van der Waals surface area (Å²) in [4.78, 5) is 17.7. The highest BCUT2D eigenvalue weighted by atomic mass is 35.5. The van der Waals surface area contributed by atoms with Crippen LogP contribution in [0.25, 0.3) is 0 Å². The van der Waals surface area contributed by atoms with E-state index in [0.29, 0.717) is 11.6 Å². The van der Waals surface area contributed by atoms with E-state index in [2.05, 4.69) is 39.2 Å². The molecule has 0 radical (unpaired) electrons. The molecule has 1 aliphatic heterocycles. The molecule has 2 aromatic heterocycles. The van der Waals surface area contributed by atoms with Gasteiger partial charge in [0.2, 0.25) is 5.91 Å². The molecule has 26 heavy (non-hydrogen) atoms. The van der Waals surface area contributed by atoms with Crippen molar-refractivity contribution in [3.63, 3.8) is 0 Å². The number of hydrogen-bond acceptors (Lipinski definition) is 4. The number of amides is 1. The van der Waals surface area contributed by atoms with Crippen molar-refractivity contribution in [2.45, 2.75) is 19.4 Å². The summed E-state index contributed by atoms with van der Waals surface area (Å²) >= 11 is 9.63. The number of carbonyl (C=O) groups is 1. The SMILES string of the molecule is Cc1ccc(Cl)cc1NC(=O)CN1CCc2sccc2[C@@H]1c1cccs1. The smallest absolute Gasteiger partial charge is 0.238 e. The number of rotatable bonds is 4. The lowest BCUT2D eigenvalue weighted by atomic mass is 9.98. The van der Waals surface area contributed by atoms with E-state index in [-0.39, 0.29) is 11.9 Å². The minimum atomic E-state index is -0.00407. The molecule has 0 fully saturated rings. The molecule has 3 nitrogen and oxygen atoms in total. The van der Waals surface area contributed by atoms with E-state index >= 15 is 0 Å². The number of aryl methyl sites for hydroxylation is 1. The molecule has 134 valence electrons. The molecule has 1 N–H and O–H groups in total. The molecule has 1 aliphatic rings. The Balaban J connectivity index is 1.55. The lowest BCUT2D eigenvalue weighted by Crippen LogP contribution is -2.40.